The second-order valence-corrected chi connectivity index (χ2v) is 17.5. The summed E-state index contributed by atoms with van der Waals surface area (Å²) in [6, 6.07) is 11.7. The number of nitrogens with two attached hydrogens (primary N) is 4. The molecule has 0 radical (unpaired) electrons. The molecule has 0 aliphatic carbocycles. The number of unbranched alkanes of at least 4 members (excludes halogenated alkanes) is 1. The van der Waals surface area contributed by atoms with Crippen LogP contribution in [0.3, 0.4) is 0 Å². The summed E-state index contributed by atoms with van der Waals surface area (Å²) >= 11 is 0. The minimum Gasteiger partial charge on any atom is -0.480 e. The molecule has 0 bridgehead atoms. The van der Waals surface area contributed by atoms with Gasteiger partial charge in [0.25, 0.3) is 0 Å². The van der Waals surface area contributed by atoms with Crippen LogP contribution in [0.25, 0.3) is 0 Å². The Kier molecular flexibility index (Phi) is 26.3. The van der Waals surface area contributed by atoms with Crippen molar-refractivity contribution in [1.82, 2.24) is 31.9 Å². The average Bonchev–Trinajstić information content (AvgIpc) is 3.26. The van der Waals surface area contributed by atoms with Crippen LogP contribution in [0.4, 0.5) is 0 Å². The number of carbonyl (C=O) groups is 7. The van der Waals surface area contributed by atoms with Crippen LogP contribution in [-0.4, -0.2) is 108 Å². The maximum absolute atomic E-state index is 14.0. The molecule has 0 unspecified atom stereocenters. The molecule has 0 saturated carbocycles. The number of aryl methyl sites for hydroxylation is 1. The van der Waals surface area contributed by atoms with Crippen LogP contribution in [0.2, 0.25) is 0 Å². The summed E-state index contributed by atoms with van der Waals surface area (Å²) in [7, 11) is 0. The second kappa shape index (κ2) is 30.7. The largest absolute Gasteiger partial charge is 0.480 e. The Hall–Kier alpha value is -5.43. The number of carboxylic acids is 1. The molecule has 0 fully saturated rings. The fourth-order valence-corrected chi connectivity index (χ4v) is 7.12. The number of carbonyl (C=O) groups excluding carboxylic acids is 6. The minimum absolute atomic E-state index is 0.0387. The van der Waals surface area contributed by atoms with Crippen molar-refractivity contribution in [3.8, 4) is 0 Å². The number of benzene rings is 2. The first-order valence-corrected chi connectivity index (χ1v) is 23.0. The summed E-state index contributed by atoms with van der Waals surface area (Å²) in [6.07, 6.45) is 3.53. The standard InChI is InChI=1S/C47H76N10O8/c1-30(2)27-34(50)41(58)53-37(21-14-25-49)44(61)56-39(47(64)65)19-11-12-26-52-43(60)36(20-13-24-48)55-46(63)40(28-31(3)4)57-45(62)38(23-22-32-15-7-5-8-16-32)54-42(59)35(51)29-33-17-9-6-10-18-33/h5-10,15-18,30-31,34-40H,11-14,19-29,48-51H2,1-4H3,(H,52,60)(H,53,58)(H,54,59)(H,55,63)(H,56,61)(H,57,62)(H,64,65)/t34-,35-,36-,37-,38-,39+,40-/m1/s1. The van der Waals surface area contributed by atoms with Gasteiger partial charge >= 0.3 is 5.97 Å². The lowest BCUT2D eigenvalue weighted by Crippen LogP contribution is -2.58. The van der Waals surface area contributed by atoms with Gasteiger partial charge in [0.2, 0.25) is 35.4 Å². The van der Waals surface area contributed by atoms with E-state index in [0.29, 0.717) is 38.5 Å². The Morgan fingerprint density at radius 1 is 0.492 bits per heavy atom. The number of carboxylic acid groups (broad SMARTS) is 1. The summed E-state index contributed by atoms with van der Waals surface area (Å²) in [5.74, 6) is -4.46. The van der Waals surface area contributed by atoms with Crippen LogP contribution >= 0.6 is 0 Å². The van der Waals surface area contributed by atoms with E-state index in [4.69, 9.17) is 22.9 Å². The lowest BCUT2D eigenvalue weighted by Gasteiger charge is -2.27. The van der Waals surface area contributed by atoms with E-state index in [-0.39, 0.29) is 70.0 Å². The van der Waals surface area contributed by atoms with Crippen LogP contribution in [0, 0.1) is 11.8 Å². The van der Waals surface area contributed by atoms with Crippen LogP contribution in [-0.2, 0) is 46.4 Å². The Morgan fingerprint density at radius 2 is 0.923 bits per heavy atom. The molecule has 0 heterocycles. The zero-order valence-corrected chi connectivity index (χ0v) is 38.7. The van der Waals surface area contributed by atoms with Gasteiger partial charge in [-0.1, -0.05) is 88.4 Å². The Morgan fingerprint density at radius 3 is 1.45 bits per heavy atom. The molecular formula is C47H76N10O8. The fourth-order valence-electron chi connectivity index (χ4n) is 7.12. The molecule has 18 nitrogen and oxygen atoms in total. The molecule has 6 amide bonds. The lowest BCUT2D eigenvalue weighted by molar-refractivity contribution is -0.142. The molecule has 65 heavy (non-hydrogen) atoms. The average molecular weight is 909 g/mol. The van der Waals surface area contributed by atoms with Crippen LogP contribution in [0.1, 0.15) is 103 Å². The van der Waals surface area contributed by atoms with E-state index in [9.17, 15) is 38.7 Å². The SMILES string of the molecule is CC(C)C[C@@H](N)C(=O)N[C@H](CCCN)C(=O)N[C@@H](CCCCNC(=O)[C@@H](CCCN)NC(=O)[C@@H](CC(C)C)NC(=O)[C@@H](CCc1ccccc1)NC(=O)[C@H](N)Cc1ccccc1)C(=O)O. The monoisotopic (exact) mass is 909 g/mol. The molecular weight excluding hydrogens is 833 g/mol. The van der Waals surface area contributed by atoms with Gasteiger partial charge in [0.15, 0.2) is 0 Å². The van der Waals surface area contributed by atoms with E-state index in [1.807, 2.05) is 88.4 Å². The van der Waals surface area contributed by atoms with Gasteiger partial charge < -0.3 is 59.9 Å². The zero-order chi connectivity index (χ0) is 48.3. The molecule has 0 aliphatic rings. The maximum atomic E-state index is 14.0. The number of hydrogen-bond donors (Lipinski definition) is 11. The molecule has 18 heteroatoms. The van der Waals surface area contributed by atoms with Crippen LogP contribution in [0.15, 0.2) is 60.7 Å². The van der Waals surface area contributed by atoms with Gasteiger partial charge in [0.1, 0.15) is 30.2 Å². The van der Waals surface area contributed by atoms with E-state index < -0.39 is 83.7 Å². The van der Waals surface area contributed by atoms with Crippen molar-refractivity contribution in [2.75, 3.05) is 19.6 Å². The highest BCUT2D eigenvalue weighted by Crippen LogP contribution is 2.12. The number of amides is 6. The predicted octanol–water partition coefficient (Wildman–Crippen LogP) is 0.882. The topological polar surface area (TPSA) is 316 Å². The molecule has 7 atom stereocenters. The molecule has 2 aromatic rings. The van der Waals surface area contributed by atoms with Gasteiger partial charge in [-0.15, -0.1) is 0 Å². The third-order valence-corrected chi connectivity index (χ3v) is 10.7. The Bertz CT molecular complexity index is 1770. The smallest absolute Gasteiger partial charge is 0.326 e. The lowest BCUT2D eigenvalue weighted by atomic mass is 10.00. The highest BCUT2D eigenvalue weighted by molar-refractivity contribution is 5.95. The molecule has 15 N–H and O–H groups in total. The molecule has 2 aromatic carbocycles. The summed E-state index contributed by atoms with van der Waals surface area (Å²) < 4.78 is 0. The number of rotatable bonds is 32. The fraction of sp³-hybridized carbons (Fsp3) is 0.596. The van der Waals surface area contributed by atoms with Crippen molar-refractivity contribution in [2.24, 2.45) is 34.8 Å². The molecule has 0 spiro atoms. The van der Waals surface area contributed by atoms with Crippen molar-refractivity contribution < 1.29 is 38.7 Å². The van der Waals surface area contributed by atoms with E-state index >= 15 is 0 Å². The quantitative estimate of drug-likeness (QED) is 0.0456. The first-order chi connectivity index (χ1) is 30.9. The van der Waals surface area contributed by atoms with Crippen molar-refractivity contribution in [3.05, 3.63) is 71.8 Å². The molecule has 0 saturated heterocycles. The van der Waals surface area contributed by atoms with Crippen molar-refractivity contribution in [1.29, 1.82) is 0 Å². The summed E-state index contributed by atoms with van der Waals surface area (Å²) in [5.41, 5.74) is 25.5. The predicted molar refractivity (Wildman–Crippen MR) is 250 cm³/mol. The number of nitrogens with one attached hydrogen (secondary N) is 6. The molecule has 362 valence electrons. The molecule has 2 rings (SSSR count). The Labute approximate surface area is 384 Å². The minimum atomic E-state index is -1.26. The van der Waals surface area contributed by atoms with Crippen molar-refractivity contribution >= 4 is 41.4 Å². The summed E-state index contributed by atoms with van der Waals surface area (Å²) in [4.78, 5) is 92.7. The third kappa shape index (κ3) is 22.4. The van der Waals surface area contributed by atoms with E-state index in [1.54, 1.807) is 0 Å². The van der Waals surface area contributed by atoms with Gasteiger partial charge in [0.05, 0.1) is 12.1 Å². The van der Waals surface area contributed by atoms with Gasteiger partial charge in [-0.05, 0) is 113 Å². The number of aliphatic carboxylic acids is 1. The highest BCUT2D eigenvalue weighted by atomic mass is 16.4. The van der Waals surface area contributed by atoms with Crippen LogP contribution in [0.5, 0.6) is 0 Å². The second-order valence-electron chi connectivity index (χ2n) is 17.5. The van der Waals surface area contributed by atoms with Gasteiger partial charge in [-0.2, -0.15) is 0 Å². The number of hydrogen-bond acceptors (Lipinski definition) is 11. The van der Waals surface area contributed by atoms with Gasteiger partial charge in [-0.3, -0.25) is 28.8 Å². The summed E-state index contributed by atoms with van der Waals surface area (Å²) in [5, 5.41) is 26.3. The van der Waals surface area contributed by atoms with Gasteiger partial charge in [-0.25, -0.2) is 4.79 Å². The summed E-state index contributed by atoms with van der Waals surface area (Å²) in [6.45, 7) is 8.28. The van der Waals surface area contributed by atoms with E-state index in [1.165, 1.54) is 0 Å². The van der Waals surface area contributed by atoms with Crippen molar-refractivity contribution in [2.45, 2.75) is 147 Å². The highest BCUT2D eigenvalue weighted by Gasteiger charge is 2.32. The van der Waals surface area contributed by atoms with E-state index in [0.717, 1.165) is 11.1 Å². The molecule has 0 aromatic heterocycles. The third-order valence-electron chi connectivity index (χ3n) is 10.7. The van der Waals surface area contributed by atoms with E-state index in [2.05, 4.69) is 31.9 Å². The molecule has 0 aliphatic heterocycles. The van der Waals surface area contributed by atoms with Crippen LogP contribution < -0.4 is 54.8 Å². The Balaban J connectivity index is 2.08. The zero-order valence-electron chi connectivity index (χ0n) is 38.7. The first kappa shape index (κ1) is 55.7. The maximum Gasteiger partial charge on any atom is 0.326 e. The van der Waals surface area contributed by atoms with Gasteiger partial charge in [0, 0.05) is 6.54 Å². The van der Waals surface area contributed by atoms with Crippen molar-refractivity contribution in [3.63, 3.8) is 0 Å². The first-order valence-electron chi connectivity index (χ1n) is 23.0. The normalized spacial score (nSPS) is 14.5.